The van der Waals surface area contributed by atoms with E-state index in [0.29, 0.717) is 5.56 Å². The average Bonchev–Trinajstić information content (AvgIpc) is 3.05. The van der Waals surface area contributed by atoms with Crippen LogP contribution in [0.2, 0.25) is 0 Å². The Hall–Kier alpha value is -3.00. The van der Waals surface area contributed by atoms with Gasteiger partial charge in [-0.1, -0.05) is 41.5 Å². The van der Waals surface area contributed by atoms with Crippen LogP contribution < -0.4 is 5.32 Å². The average molecular weight is 385 g/mol. The van der Waals surface area contributed by atoms with Gasteiger partial charge in [0.05, 0.1) is 5.75 Å². The van der Waals surface area contributed by atoms with Crippen LogP contribution in [0.15, 0.2) is 52.9 Å². The number of nitrogens with one attached hydrogen (secondary N) is 1. The van der Waals surface area contributed by atoms with Crippen LogP contribution in [0.5, 0.6) is 0 Å². The number of carbonyl (C=O) groups is 1. The third kappa shape index (κ3) is 5.01. The summed E-state index contributed by atoms with van der Waals surface area (Å²) in [4.78, 5) is 12.0. The molecule has 0 atom stereocenters. The molecular formula is C19H19N3O4S. The lowest BCUT2D eigenvalue weighted by atomic mass is 10.1. The summed E-state index contributed by atoms with van der Waals surface area (Å²) in [7, 11) is -3.61. The molecule has 1 amide bonds. The highest BCUT2D eigenvalue weighted by Crippen LogP contribution is 2.22. The second-order valence-corrected chi connectivity index (χ2v) is 8.34. The third-order valence-electron chi connectivity index (χ3n) is 4.01. The Balaban J connectivity index is 1.64. The van der Waals surface area contributed by atoms with Gasteiger partial charge < -0.3 is 4.42 Å². The number of hydrogen-bond acceptors (Lipinski definition) is 6. The molecule has 0 spiro atoms. The second kappa shape index (κ2) is 7.71. The largest absolute Gasteiger partial charge is 0.403 e. The lowest BCUT2D eigenvalue weighted by Crippen LogP contribution is -2.24. The molecule has 1 aromatic heterocycles. The highest BCUT2D eigenvalue weighted by molar-refractivity contribution is 7.91. The molecule has 3 rings (SSSR count). The van der Waals surface area contributed by atoms with Gasteiger partial charge >= 0.3 is 6.01 Å². The zero-order valence-electron chi connectivity index (χ0n) is 15.0. The third-order valence-corrected chi connectivity index (χ3v) is 5.48. The van der Waals surface area contributed by atoms with E-state index in [9.17, 15) is 13.2 Å². The monoisotopic (exact) mass is 385 g/mol. The van der Waals surface area contributed by atoms with E-state index in [1.165, 1.54) is 0 Å². The Bertz CT molecular complexity index is 1060. The second-order valence-electron chi connectivity index (χ2n) is 6.28. The van der Waals surface area contributed by atoms with Gasteiger partial charge in [0.25, 0.3) is 0 Å². The Morgan fingerprint density at radius 2 is 1.78 bits per heavy atom. The zero-order chi connectivity index (χ0) is 19.4. The van der Waals surface area contributed by atoms with Gasteiger partial charge in [-0.25, -0.2) is 8.42 Å². The summed E-state index contributed by atoms with van der Waals surface area (Å²) in [6.07, 6.45) is 0. The van der Waals surface area contributed by atoms with Crippen LogP contribution in [0.4, 0.5) is 6.01 Å². The molecule has 0 fully saturated rings. The lowest BCUT2D eigenvalue weighted by Gasteiger charge is -2.04. The number of hydrogen-bond donors (Lipinski definition) is 1. The summed E-state index contributed by atoms with van der Waals surface area (Å²) >= 11 is 0. The Morgan fingerprint density at radius 3 is 2.48 bits per heavy atom. The van der Waals surface area contributed by atoms with Crippen LogP contribution >= 0.6 is 0 Å². The van der Waals surface area contributed by atoms with Gasteiger partial charge in [0, 0.05) is 5.56 Å². The normalized spacial score (nSPS) is 11.3. The van der Waals surface area contributed by atoms with Crippen molar-refractivity contribution in [1.29, 1.82) is 0 Å². The maximum absolute atomic E-state index is 12.2. The molecule has 1 heterocycles. The van der Waals surface area contributed by atoms with E-state index in [4.69, 9.17) is 4.42 Å². The lowest BCUT2D eigenvalue weighted by molar-refractivity contribution is -0.114. The fourth-order valence-corrected chi connectivity index (χ4v) is 3.77. The number of amides is 1. The first kappa shape index (κ1) is 18.8. The molecule has 0 aliphatic heterocycles. The Kier molecular flexibility index (Phi) is 5.36. The molecule has 0 unspecified atom stereocenters. The standard InChI is InChI=1S/C19H19N3O4S/c1-13-8-9-16(10-14(13)2)18-21-22-19(26-18)20-17(23)12-27(24,25)11-15-6-4-3-5-7-15/h3-10H,11-12H2,1-2H3,(H,20,22,23). The van der Waals surface area contributed by atoms with Gasteiger partial charge in [0.15, 0.2) is 9.84 Å². The van der Waals surface area contributed by atoms with Crippen molar-refractivity contribution in [3.05, 3.63) is 65.2 Å². The number of carbonyl (C=O) groups excluding carboxylic acids is 1. The highest BCUT2D eigenvalue weighted by Gasteiger charge is 2.19. The molecule has 140 valence electrons. The van der Waals surface area contributed by atoms with Crippen LogP contribution in [0.25, 0.3) is 11.5 Å². The summed E-state index contributed by atoms with van der Waals surface area (Å²) in [5, 5.41) is 9.99. The number of nitrogens with zero attached hydrogens (tertiary/aromatic N) is 2. The molecule has 0 radical (unpaired) electrons. The van der Waals surface area contributed by atoms with E-state index in [1.54, 1.807) is 30.3 Å². The topological polar surface area (TPSA) is 102 Å². The number of aryl methyl sites for hydroxylation is 2. The van der Waals surface area contributed by atoms with Crippen molar-refractivity contribution in [2.45, 2.75) is 19.6 Å². The van der Waals surface area contributed by atoms with E-state index < -0.39 is 21.5 Å². The van der Waals surface area contributed by atoms with Gasteiger partial charge in [0.1, 0.15) is 5.75 Å². The molecule has 1 N–H and O–H groups in total. The van der Waals surface area contributed by atoms with Crippen molar-refractivity contribution in [2.24, 2.45) is 0 Å². The van der Waals surface area contributed by atoms with E-state index in [1.807, 2.05) is 32.0 Å². The molecule has 2 aromatic carbocycles. The summed E-state index contributed by atoms with van der Waals surface area (Å²) < 4.78 is 29.8. The maximum Gasteiger partial charge on any atom is 0.322 e. The molecule has 27 heavy (non-hydrogen) atoms. The predicted molar refractivity (Wildman–Crippen MR) is 102 cm³/mol. The Morgan fingerprint density at radius 1 is 1.04 bits per heavy atom. The van der Waals surface area contributed by atoms with Crippen LogP contribution in [0, 0.1) is 13.8 Å². The molecule has 0 saturated carbocycles. The molecule has 7 nitrogen and oxygen atoms in total. The first-order chi connectivity index (χ1) is 12.8. The zero-order valence-corrected chi connectivity index (χ0v) is 15.8. The minimum Gasteiger partial charge on any atom is -0.403 e. The van der Waals surface area contributed by atoms with E-state index in [0.717, 1.165) is 16.7 Å². The number of rotatable bonds is 6. The minimum absolute atomic E-state index is 0.136. The molecule has 0 bridgehead atoms. The van der Waals surface area contributed by atoms with Crippen molar-refractivity contribution in [3.63, 3.8) is 0 Å². The van der Waals surface area contributed by atoms with Gasteiger partial charge in [0.2, 0.25) is 11.8 Å². The number of aromatic nitrogens is 2. The van der Waals surface area contributed by atoms with E-state index in [2.05, 4.69) is 15.5 Å². The molecule has 3 aromatic rings. The van der Waals surface area contributed by atoms with E-state index in [-0.39, 0.29) is 17.7 Å². The van der Waals surface area contributed by atoms with E-state index >= 15 is 0 Å². The SMILES string of the molecule is Cc1ccc(-c2nnc(NC(=O)CS(=O)(=O)Cc3ccccc3)o2)cc1C. The molecule has 0 aliphatic carbocycles. The molecule has 0 aliphatic rings. The fraction of sp³-hybridized carbons (Fsp3) is 0.211. The van der Waals surface area contributed by atoms with Crippen LogP contribution in [0.3, 0.4) is 0 Å². The van der Waals surface area contributed by atoms with Crippen molar-refractivity contribution in [1.82, 2.24) is 10.2 Å². The summed E-state index contributed by atoms with van der Waals surface area (Å²) in [5.74, 6) is -1.34. The summed E-state index contributed by atoms with van der Waals surface area (Å²) in [6, 6.07) is 14.2. The summed E-state index contributed by atoms with van der Waals surface area (Å²) in [6.45, 7) is 3.96. The number of sulfone groups is 1. The van der Waals surface area contributed by atoms with Crippen LogP contribution in [0.1, 0.15) is 16.7 Å². The molecule has 0 saturated heterocycles. The predicted octanol–water partition coefficient (Wildman–Crippen LogP) is 2.91. The Labute approximate surface area is 157 Å². The van der Waals surface area contributed by atoms with Gasteiger partial charge in [-0.3, -0.25) is 10.1 Å². The maximum atomic E-state index is 12.2. The fourth-order valence-electron chi connectivity index (χ4n) is 2.50. The van der Waals surface area contributed by atoms with Gasteiger partial charge in [-0.15, -0.1) is 5.10 Å². The van der Waals surface area contributed by atoms with Gasteiger partial charge in [-0.05, 0) is 42.7 Å². The van der Waals surface area contributed by atoms with Gasteiger partial charge in [-0.2, -0.15) is 0 Å². The van der Waals surface area contributed by atoms with Crippen molar-refractivity contribution >= 4 is 21.8 Å². The smallest absolute Gasteiger partial charge is 0.322 e. The number of benzene rings is 2. The first-order valence-electron chi connectivity index (χ1n) is 8.28. The first-order valence-corrected chi connectivity index (χ1v) is 10.1. The quantitative estimate of drug-likeness (QED) is 0.700. The van der Waals surface area contributed by atoms with Crippen LogP contribution in [-0.2, 0) is 20.4 Å². The number of anilines is 1. The van der Waals surface area contributed by atoms with Crippen molar-refractivity contribution < 1.29 is 17.6 Å². The summed E-state index contributed by atoms with van der Waals surface area (Å²) in [5.41, 5.74) is 3.56. The van der Waals surface area contributed by atoms with Crippen LogP contribution in [-0.4, -0.2) is 30.3 Å². The highest BCUT2D eigenvalue weighted by atomic mass is 32.2. The van der Waals surface area contributed by atoms with Crippen molar-refractivity contribution in [2.75, 3.05) is 11.1 Å². The minimum atomic E-state index is -3.61. The molecule has 8 heteroatoms. The van der Waals surface area contributed by atoms with Crippen molar-refractivity contribution in [3.8, 4) is 11.5 Å². The molecular weight excluding hydrogens is 366 g/mol.